The summed E-state index contributed by atoms with van der Waals surface area (Å²) in [7, 11) is -36.4. The van der Waals surface area contributed by atoms with E-state index in [2.05, 4.69) is 0 Å². The summed E-state index contributed by atoms with van der Waals surface area (Å²) in [5.74, 6) is -5.50. The van der Waals surface area contributed by atoms with E-state index in [1.165, 1.54) is 44.9 Å². The third-order valence-corrected chi connectivity index (χ3v) is 15.2. The van der Waals surface area contributed by atoms with Gasteiger partial charge in [0.1, 0.15) is 0 Å². The molecule has 0 atom stereocenters. The van der Waals surface area contributed by atoms with Gasteiger partial charge in [0.15, 0.2) is 23.6 Å². The lowest BCUT2D eigenvalue weighted by Crippen LogP contribution is -1.98. The molecular weight excluding hydrogens is 816 g/mol. The van der Waals surface area contributed by atoms with Gasteiger partial charge in [-0.2, -0.15) is 0 Å². The van der Waals surface area contributed by atoms with Crippen LogP contribution < -0.4 is 11.5 Å². The Kier molecular flexibility index (Phi) is 31.8. The van der Waals surface area contributed by atoms with Crippen LogP contribution in [0.4, 0.5) is 0 Å². The topological polar surface area (TPSA) is 512 Å². The lowest BCUT2D eigenvalue weighted by atomic mass is 10.1. The molecule has 0 bridgehead atoms. The Morgan fingerprint density at radius 2 is 0.362 bits per heavy atom. The van der Waals surface area contributed by atoms with Crippen molar-refractivity contribution in [1.29, 1.82) is 0 Å². The fourth-order valence-corrected chi connectivity index (χ4v) is 9.81. The summed E-state index contributed by atoms with van der Waals surface area (Å²) >= 11 is 0. The van der Waals surface area contributed by atoms with Crippen molar-refractivity contribution < 1.29 is 115 Å². The molecule has 0 amide bonds. The summed E-state index contributed by atoms with van der Waals surface area (Å²) < 4.78 is 78.8. The lowest BCUT2D eigenvalue weighted by molar-refractivity contribution is 0.352. The van der Waals surface area contributed by atoms with Crippen LogP contribution in [0.3, 0.4) is 0 Å². The van der Waals surface area contributed by atoms with E-state index in [0.29, 0.717) is 0 Å². The molecule has 0 heterocycles. The van der Waals surface area contributed by atoms with Gasteiger partial charge in [-0.05, 0) is 25.9 Å². The zero-order chi connectivity index (χ0) is 39.2. The molecule has 0 unspecified atom stereocenters. The maximum Gasteiger partial charge on any atom is 0.337 e. The molecule has 20 N–H and O–H groups in total. The number of nitrogens with two attached hydrogens (primary N) is 2. The van der Waals surface area contributed by atoms with Crippen molar-refractivity contribution in [3.63, 3.8) is 0 Å². The SMILES string of the molecule is NCCCCCCCCCN.O=P(O)(O)CP(=O)(O)O.O=P(O)(O)CP(=O)(O)O.O=P(O)(O)CP(=O)(O)O.O=P(O)(O)CP(=O)(O)O. The normalized spacial score (nSPS) is 13.0. The first-order chi connectivity index (χ1) is 20.2. The molecule has 0 spiro atoms. The molecule has 0 rings (SSSR count). The molecule has 0 aromatic rings. The van der Waals surface area contributed by atoms with Crippen LogP contribution in [0.2, 0.25) is 0 Å². The average molecular weight is 862 g/mol. The molecule has 0 aliphatic carbocycles. The Balaban J connectivity index is -0.000000157. The fraction of sp³-hybridized carbons (Fsp3) is 1.00. The number of hydrogen-bond donors (Lipinski definition) is 18. The standard InChI is InChI=1S/C9H22N2.4CH6O6P2/c10-8-6-4-2-1-3-5-7-9-11;4*2-8(3,4)1-9(5,6)7/h1-11H2;4*1H2,(H2,2,3,4)(H2,5,6,7). The number of rotatable bonds is 16. The van der Waals surface area contributed by atoms with E-state index in [9.17, 15) is 36.5 Å². The van der Waals surface area contributed by atoms with Crippen molar-refractivity contribution in [2.75, 3.05) is 36.7 Å². The summed E-state index contributed by atoms with van der Waals surface area (Å²) in [5, 5.41) is 0. The van der Waals surface area contributed by atoms with Crippen LogP contribution >= 0.6 is 60.8 Å². The Morgan fingerprint density at radius 3 is 0.426 bits per heavy atom. The number of hydrogen-bond acceptors (Lipinski definition) is 10. The first-order valence-corrected chi connectivity index (χ1v) is 26.4. The van der Waals surface area contributed by atoms with E-state index in [0.717, 1.165) is 13.1 Å². The maximum atomic E-state index is 9.85. The minimum Gasteiger partial charge on any atom is -0.330 e. The minimum atomic E-state index is -4.55. The molecule has 26 nitrogen and oxygen atoms in total. The van der Waals surface area contributed by atoms with Crippen LogP contribution in [-0.2, 0) is 36.5 Å². The fourth-order valence-electron chi connectivity index (χ4n) is 2.13. The molecule has 47 heavy (non-hydrogen) atoms. The Morgan fingerprint density at radius 1 is 0.255 bits per heavy atom. The van der Waals surface area contributed by atoms with Crippen molar-refractivity contribution in [2.24, 2.45) is 11.5 Å². The smallest absolute Gasteiger partial charge is 0.330 e. The molecule has 34 heteroatoms. The van der Waals surface area contributed by atoms with E-state index < -0.39 is 84.4 Å². The summed E-state index contributed by atoms with van der Waals surface area (Å²) in [5.41, 5.74) is 10.7. The lowest BCUT2D eigenvalue weighted by Gasteiger charge is -2.03. The predicted octanol–water partition coefficient (Wildman–Crippen LogP) is -1.17. The molecule has 0 saturated carbocycles. The highest BCUT2D eigenvalue weighted by atomic mass is 31.3. The summed E-state index contributed by atoms with van der Waals surface area (Å²) in [4.78, 5) is 128. The monoisotopic (exact) mass is 862 g/mol. The van der Waals surface area contributed by atoms with Gasteiger partial charge in [-0.15, -0.1) is 0 Å². The van der Waals surface area contributed by atoms with Gasteiger partial charge >= 0.3 is 60.8 Å². The average Bonchev–Trinajstić information content (AvgIpc) is 2.64. The van der Waals surface area contributed by atoms with Crippen molar-refractivity contribution in [2.45, 2.75) is 44.9 Å². The largest absolute Gasteiger partial charge is 0.337 e. The minimum absolute atomic E-state index is 0.850. The first-order valence-electron chi connectivity index (χ1n) is 12.0. The molecule has 0 aliphatic rings. The quantitative estimate of drug-likeness (QED) is 0.0642. The highest BCUT2D eigenvalue weighted by Gasteiger charge is 2.28. The molecule has 292 valence electrons. The zero-order valence-electron chi connectivity index (χ0n) is 24.3. The molecular formula is C13H46N2O24P8. The third-order valence-electron chi connectivity index (χ3n) is 3.38. The molecule has 0 aromatic carbocycles. The summed E-state index contributed by atoms with van der Waals surface area (Å²) in [6.45, 7) is 1.70. The van der Waals surface area contributed by atoms with E-state index in [1.54, 1.807) is 0 Å². The van der Waals surface area contributed by atoms with E-state index in [4.69, 9.17) is 89.8 Å². The highest BCUT2D eigenvalue weighted by Crippen LogP contribution is 2.53. The van der Waals surface area contributed by atoms with Gasteiger partial charge in [0.05, 0.1) is 0 Å². The van der Waals surface area contributed by atoms with Crippen LogP contribution in [0.1, 0.15) is 44.9 Å². The molecule has 0 aromatic heterocycles. The Labute approximate surface area is 268 Å². The Hall–Kier alpha value is 1.12. The van der Waals surface area contributed by atoms with Gasteiger partial charge < -0.3 is 89.8 Å². The van der Waals surface area contributed by atoms with E-state index in [1.807, 2.05) is 0 Å². The van der Waals surface area contributed by atoms with Gasteiger partial charge in [-0.3, -0.25) is 36.5 Å². The van der Waals surface area contributed by atoms with Gasteiger partial charge in [0.25, 0.3) is 0 Å². The van der Waals surface area contributed by atoms with Crippen molar-refractivity contribution in [3.05, 3.63) is 0 Å². The summed E-state index contributed by atoms with van der Waals surface area (Å²) in [6, 6.07) is 0. The van der Waals surface area contributed by atoms with Crippen LogP contribution in [0, 0.1) is 0 Å². The maximum absolute atomic E-state index is 9.85. The van der Waals surface area contributed by atoms with Crippen LogP contribution in [0.15, 0.2) is 0 Å². The predicted molar refractivity (Wildman–Crippen MR) is 166 cm³/mol. The second kappa shape index (κ2) is 26.0. The van der Waals surface area contributed by atoms with Gasteiger partial charge in [-0.25, -0.2) is 0 Å². The van der Waals surface area contributed by atoms with Gasteiger partial charge in [0.2, 0.25) is 0 Å². The highest BCUT2D eigenvalue weighted by molar-refractivity contribution is 7.70. The van der Waals surface area contributed by atoms with E-state index >= 15 is 0 Å². The Bertz CT molecular complexity index is 941. The second-order valence-corrected chi connectivity index (χ2v) is 24.1. The first kappa shape index (κ1) is 57.5. The second-order valence-electron chi connectivity index (χ2n) is 8.94. The molecule has 0 aliphatic heterocycles. The number of unbranched alkanes of at least 4 members (excludes halogenated alkanes) is 6. The van der Waals surface area contributed by atoms with Crippen molar-refractivity contribution in [3.8, 4) is 0 Å². The molecule has 0 fully saturated rings. The zero-order valence-corrected chi connectivity index (χ0v) is 31.5. The van der Waals surface area contributed by atoms with E-state index in [-0.39, 0.29) is 0 Å². The van der Waals surface area contributed by atoms with Gasteiger partial charge in [0, 0.05) is 0 Å². The van der Waals surface area contributed by atoms with Crippen molar-refractivity contribution >= 4 is 60.8 Å². The van der Waals surface area contributed by atoms with Crippen LogP contribution in [-0.4, -0.2) is 115 Å². The molecule has 0 saturated heterocycles. The third kappa shape index (κ3) is 87.5. The van der Waals surface area contributed by atoms with Crippen molar-refractivity contribution in [1.82, 2.24) is 0 Å². The van der Waals surface area contributed by atoms with Crippen LogP contribution in [0.25, 0.3) is 0 Å². The summed E-state index contributed by atoms with van der Waals surface area (Å²) in [6.07, 6.45) is 9.05. The molecule has 0 radical (unpaired) electrons. The van der Waals surface area contributed by atoms with Crippen LogP contribution in [0.5, 0.6) is 0 Å². The van der Waals surface area contributed by atoms with Gasteiger partial charge in [-0.1, -0.05) is 32.1 Å².